The minimum atomic E-state index is -0.736. The molecular weight excluding hydrogens is 430 g/mol. The highest BCUT2D eigenvalue weighted by Gasteiger charge is 2.17. The lowest BCUT2D eigenvalue weighted by Crippen LogP contribution is -2.21. The summed E-state index contributed by atoms with van der Waals surface area (Å²) < 4.78 is 21.6. The fourth-order valence-electron chi connectivity index (χ4n) is 2.83. The first-order chi connectivity index (χ1) is 13.5. The lowest BCUT2D eigenvalue weighted by atomic mass is 10.1. The second-order valence-corrected chi connectivity index (χ2v) is 6.66. The van der Waals surface area contributed by atoms with E-state index in [1.807, 2.05) is 24.3 Å². The van der Waals surface area contributed by atoms with Crippen molar-refractivity contribution in [2.75, 3.05) is 19.0 Å². The number of methoxy groups -OCH3 is 1. The van der Waals surface area contributed by atoms with Crippen LogP contribution in [0, 0.1) is 0 Å². The summed E-state index contributed by atoms with van der Waals surface area (Å²) in [4.78, 5) is 24.1. The number of esters is 1. The summed E-state index contributed by atoms with van der Waals surface area (Å²) in [6, 6.07) is 14.1. The average molecular weight is 444 g/mol. The van der Waals surface area contributed by atoms with Gasteiger partial charge in [0.25, 0.3) is 5.91 Å². The summed E-state index contributed by atoms with van der Waals surface area (Å²) in [6.45, 7) is -0.474. The number of nitrogens with one attached hydrogen (secondary N) is 1. The third-order valence-electron chi connectivity index (χ3n) is 4.08. The van der Waals surface area contributed by atoms with Crippen molar-refractivity contribution >= 4 is 55.4 Å². The fourth-order valence-corrected chi connectivity index (χ4v) is 3.14. The Bertz CT molecular complexity index is 1190. The SMILES string of the molecule is COc1cc2c(cc1NC(=O)COC(=O)c1ccc(Br)o1)oc1ccccc12. The summed E-state index contributed by atoms with van der Waals surface area (Å²) in [5, 5.41) is 4.50. The Morgan fingerprint density at radius 2 is 1.86 bits per heavy atom. The van der Waals surface area contributed by atoms with E-state index in [1.165, 1.54) is 13.2 Å². The van der Waals surface area contributed by atoms with Crippen molar-refractivity contribution in [2.24, 2.45) is 0 Å². The number of para-hydroxylation sites is 1. The predicted molar refractivity (Wildman–Crippen MR) is 106 cm³/mol. The van der Waals surface area contributed by atoms with Gasteiger partial charge in [-0.25, -0.2) is 4.79 Å². The van der Waals surface area contributed by atoms with Crippen molar-refractivity contribution in [3.63, 3.8) is 0 Å². The third-order valence-corrected chi connectivity index (χ3v) is 4.51. The van der Waals surface area contributed by atoms with Crippen molar-refractivity contribution in [2.45, 2.75) is 0 Å². The molecule has 7 nitrogen and oxygen atoms in total. The number of halogens is 1. The Labute approximate surface area is 167 Å². The molecule has 0 unspecified atom stereocenters. The van der Waals surface area contributed by atoms with Crippen molar-refractivity contribution in [1.29, 1.82) is 0 Å². The van der Waals surface area contributed by atoms with Crippen molar-refractivity contribution in [3.8, 4) is 5.75 Å². The van der Waals surface area contributed by atoms with Crippen LogP contribution in [0.3, 0.4) is 0 Å². The maximum absolute atomic E-state index is 12.2. The number of amides is 1. The van der Waals surface area contributed by atoms with Gasteiger partial charge >= 0.3 is 5.97 Å². The summed E-state index contributed by atoms with van der Waals surface area (Å²) in [6.07, 6.45) is 0. The van der Waals surface area contributed by atoms with E-state index >= 15 is 0 Å². The number of carbonyl (C=O) groups is 2. The summed E-state index contributed by atoms with van der Waals surface area (Å²) in [7, 11) is 1.51. The Kier molecular flexibility index (Phi) is 4.79. The molecule has 0 aliphatic carbocycles. The highest BCUT2D eigenvalue weighted by Crippen LogP contribution is 2.36. The molecule has 4 rings (SSSR count). The van der Waals surface area contributed by atoms with Crippen LogP contribution in [0.5, 0.6) is 5.75 Å². The van der Waals surface area contributed by atoms with Gasteiger partial charge in [-0.15, -0.1) is 0 Å². The Morgan fingerprint density at radius 3 is 2.61 bits per heavy atom. The van der Waals surface area contributed by atoms with Gasteiger partial charge in [0.05, 0.1) is 12.8 Å². The van der Waals surface area contributed by atoms with E-state index in [0.717, 1.165) is 16.4 Å². The van der Waals surface area contributed by atoms with Crippen LogP contribution in [0.15, 0.2) is 62.0 Å². The second kappa shape index (κ2) is 7.40. The molecule has 0 saturated carbocycles. The molecule has 0 atom stereocenters. The molecular formula is C20H14BrNO6. The molecule has 0 bridgehead atoms. The molecule has 1 amide bonds. The lowest BCUT2D eigenvalue weighted by molar-refractivity contribution is -0.119. The highest BCUT2D eigenvalue weighted by molar-refractivity contribution is 9.10. The normalized spacial score (nSPS) is 10.9. The fraction of sp³-hybridized carbons (Fsp3) is 0.100. The number of fused-ring (bicyclic) bond motifs is 3. The average Bonchev–Trinajstić information content (AvgIpc) is 3.28. The molecule has 142 valence electrons. The summed E-state index contributed by atoms with van der Waals surface area (Å²) >= 11 is 3.10. The first-order valence-electron chi connectivity index (χ1n) is 8.27. The van der Waals surface area contributed by atoms with E-state index in [1.54, 1.807) is 18.2 Å². The van der Waals surface area contributed by atoms with Crippen molar-refractivity contribution in [1.82, 2.24) is 0 Å². The lowest BCUT2D eigenvalue weighted by Gasteiger charge is -2.10. The smallest absolute Gasteiger partial charge is 0.374 e. The van der Waals surface area contributed by atoms with Gasteiger partial charge in [-0.05, 0) is 40.2 Å². The number of benzene rings is 2. The predicted octanol–water partition coefficient (Wildman–Crippen LogP) is 4.75. The molecule has 1 N–H and O–H groups in total. The maximum Gasteiger partial charge on any atom is 0.374 e. The number of hydrogen-bond donors (Lipinski definition) is 1. The quantitative estimate of drug-likeness (QED) is 0.447. The minimum Gasteiger partial charge on any atom is -0.495 e. The first-order valence-corrected chi connectivity index (χ1v) is 9.06. The Morgan fingerprint density at radius 1 is 1.04 bits per heavy atom. The van der Waals surface area contributed by atoms with Crippen molar-refractivity contribution < 1.29 is 27.9 Å². The Balaban J connectivity index is 1.52. The number of ether oxygens (including phenoxy) is 2. The van der Waals surface area contributed by atoms with Gasteiger partial charge in [-0.1, -0.05) is 18.2 Å². The van der Waals surface area contributed by atoms with Crippen LogP contribution >= 0.6 is 15.9 Å². The molecule has 28 heavy (non-hydrogen) atoms. The minimum absolute atomic E-state index is 0.000880. The maximum atomic E-state index is 12.2. The zero-order chi connectivity index (χ0) is 19.7. The molecule has 0 fully saturated rings. The van der Waals surface area contributed by atoms with E-state index in [4.69, 9.17) is 18.3 Å². The number of carbonyl (C=O) groups excluding carboxylic acids is 2. The summed E-state index contributed by atoms with van der Waals surface area (Å²) in [5.74, 6) is -0.789. The van der Waals surface area contributed by atoms with Crippen LogP contribution in [-0.2, 0) is 9.53 Å². The number of furan rings is 2. The van der Waals surface area contributed by atoms with Gasteiger partial charge in [-0.2, -0.15) is 0 Å². The van der Waals surface area contributed by atoms with E-state index in [0.29, 0.717) is 21.7 Å². The molecule has 2 aromatic carbocycles. The molecule has 0 spiro atoms. The van der Waals surface area contributed by atoms with Gasteiger partial charge in [0, 0.05) is 16.8 Å². The second-order valence-electron chi connectivity index (χ2n) is 5.87. The van der Waals surface area contributed by atoms with Gasteiger partial charge < -0.3 is 23.6 Å². The van der Waals surface area contributed by atoms with Crippen LogP contribution in [-0.4, -0.2) is 25.6 Å². The zero-order valence-electron chi connectivity index (χ0n) is 14.7. The molecule has 4 aromatic rings. The molecule has 8 heteroatoms. The largest absolute Gasteiger partial charge is 0.495 e. The summed E-state index contributed by atoms with van der Waals surface area (Å²) in [5.41, 5.74) is 1.76. The number of rotatable bonds is 5. The Hall–Kier alpha value is -3.26. The number of anilines is 1. The molecule has 0 aliphatic rings. The molecule has 0 saturated heterocycles. The molecule has 0 aliphatic heterocycles. The molecule has 2 aromatic heterocycles. The first kappa shape index (κ1) is 18.1. The number of hydrogen-bond acceptors (Lipinski definition) is 6. The third kappa shape index (κ3) is 3.46. The van der Waals surface area contributed by atoms with Crippen LogP contribution in [0.2, 0.25) is 0 Å². The van der Waals surface area contributed by atoms with Crippen molar-refractivity contribution in [3.05, 3.63) is 59.0 Å². The molecule has 0 radical (unpaired) electrons. The van der Waals surface area contributed by atoms with Gasteiger partial charge in [-0.3, -0.25) is 4.79 Å². The topological polar surface area (TPSA) is 90.9 Å². The molecule has 2 heterocycles. The van der Waals surface area contributed by atoms with Crippen LogP contribution in [0.1, 0.15) is 10.6 Å². The van der Waals surface area contributed by atoms with Gasteiger partial charge in [0.15, 0.2) is 11.3 Å². The van der Waals surface area contributed by atoms with Crippen LogP contribution < -0.4 is 10.1 Å². The standard InChI is InChI=1S/C20H14BrNO6/c1-25-17-8-12-11-4-2-3-5-14(11)27-16(12)9-13(17)22-19(23)10-26-20(24)15-6-7-18(21)28-15/h2-9H,10H2,1H3,(H,22,23). The highest BCUT2D eigenvalue weighted by atomic mass is 79.9. The van der Waals surface area contributed by atoms with Crippen LogP contribution in [0.25, 0.3) is 21.9 Å². The zero-order valence-corrected chi connectivity index (χ0v) is 16.2. The van der Waals surface area contributed by atoms with E-state index < -0.39 is 18.5 Å². The van der Waals surface area contributed by atoms with E-state index in [-0.39, 0.29) is 5.76 Å². The monoisotopic (exact) mass is 443 g/mol. The van der Waals surface area contributed by atoms with Gasteiger partial charge in [0.1, 0.15) is 16.9 Å². The van der Waals surface area contributed by atoms with Gasteiger partial charge in [0.2, 0.25) is 5.76 Å². The van der Waals surface area contributed by atoms with E-state index in [9.17, 15) is 9.59 Å². The van der Waals surface area contributed by atoms with E-state index in [2.05, 4.69) is 21.2 Å². The van der Waals surface area contributed by atoms with Crippen LogP contribution in [0.4, 0.5) is 5.69 Å².